The minimum Gasteiger partial charge on any atom is -0.391 e. The Balaban J connectivity index is 2.93. The molecule has 0 fully saturated rings. The van der Waals surface area contributed by atoms with Gasteiger partial charge in [0, 0.05) is 0 Å². The van der Waals surface area contributed by atoms with Gasteiger partial charge in [0.15, 0.2) is 0 Å². The van der Waals surface area contributed by atoms with Crippen LogP contribution in [0, 0.1) is 0 Å². The quantitative estimate of drug-likeness (QED) is 0.773. The second-order valence-electron chi connectivity index (χ2n) is 4.09. The van der Waals surface area contributed by atoms with Crippen LogP contribution in [-0.4, -0.2) is 11.2 Å². The first kappa shape index (κ1) is 11.2. The molecule has 2 unspecified atom stereocenters. The minimum absolute atomic E-state index is 0.284. The molecule has 2 heteroatoms. The van der Waals surface area contributed by atoms with E-state index in [2.05, 4.69) is 26.0 Å². The van der Waals surface area contributed by atoms with Gasteiger partial charge >= 0.3 is 0 Å². The van der Waals surface area contributed by atoms with Crippen molar-refractivity contribution < 1.29 is 5.11 Å². The Bertz CT molecular complexity index is 294. The zero-order chi connectivity index (χ0) is 10.7. The van der Waals surface area contributed by atoms with Gasteiger partial charge in [-0.2, -0.15) is 0 Å². The molecule has 0 aromatic heterocycles. The zero-order valence-electron chi connectivity index (χ0n) is 9.07. The van der Waals surface area contributed by atoms with E-state index >= 15 is 0 Å². The summed E-state index contributed by atoms with van der Waals surface area (Å²) < 4.78 is 0. The van der Waals surface area contributed by atoms with Crippen LogP contribution in [0.3, 0.4) is 0 Å². The standard InChI is InChI=1S/C12H19NO/c1-8(2)10-5-4-6-11(7-10)12(13)9(3)14/h4-9,12,14H,13H2,1-3H3. The summed E-state index contributed by atoms with van der Waals surface area (Å²) in [5, 5.41) is 9.38. The minimum atomic E-state index is -0.502. The van der Waals surface area contributed by atoms with Crippen LogP contribution in [0.15, 0.2) is 24.3 Å². The van der Waals surface area contributed by atoms with Gasteiger partial charge in [0.05, 0.1) is 12.1 Å². The maximum atomic E-state index is 9.38. The molecule has 1 aromatic carbocycles. The Kier molecular flexibility index (Phi) is 3.67. The molecular formula is C12H19NO. The summed E-state index contributed by atoms with van der Waals surface area (Å²) in [7, 11) is 0. The predicted molar refractivity (Wildman–Crippen MR) is 59.1 cm³/mol. The lowest BCUT2D eigenvalue weighted by Crippen LogP contribution is -2.23. The van der Waals surface area contributed by atoms with E-state index in [1.807, 2.05) is 12.1 Å². The van der Waals surface area contributed by atoms with Crippen molar-refractivity contribution in [3.8, 4) is 0 Å². The van der Waals surface area contributed by atoms with E-state index in [-0.39, 0.29) is 6.04 Å². The molecular weight excluding hydrogens is 174 g/mol. The summed E-state index contributed by atoms with van der Waals surface area (Å²) >= 11 is 0. The highest BCUT2D eigenvalue weighted by atomic mass is 16.3. The van der Waals surface area contributed by atoms with Crippen LogP contribution >= 0.6 is 0 Å². The van der Waals surface area contributed by atoms with Crippen molar-refractivity contribution in [2.24, 2.45) is 5.73 Å². The lowest BCUT2D eigenvalue weighted by molar-refractivity contribution is 0.164. The summed E-state index contributed by atoms with van der Waals surface area (Å²) in [5.74, 6) is 0.496. The second kappa shape index (κ2) is 4.58. The molecule has 0 saturated heterocycles. The highest BCUT2D eigenvalue weighted by Gasteiger charge is 2.12. The molecule has 0 radical (unpaired) electrons. The fraction of sp³-hybridized carbons (Fsp3) is 0.500. The third-order valence-electron chi connectivity index (χ3n) is 2.48. The molecule has 78 valence electrons. The van der Waals surface area contributed by atoms with Gasteiger partial charge in [-0.15, -0.1) is 0 Å². The second-order valence-corrected chi connectivity index (χ2v) is 4.09. The lowest BCUT2D eigenvalue weighted by Gasteiger charge is -2.16. The van der Waals surface area contributed by atoms with E-state index in [0.29, 0.717) is 5.92 Å². The van der Waals surface area contributed by atoms with Gasteiger partial charge in [-0.05, 0) is 24.0 Å². The maximum absolute atomic E-state index is 9.38. The highest BCUT2D eigenvalue weighted by Crippen LogP contribution is 2.20. The van der Waals surface area contributed by atoms with Crippen LogP contribution < -0.4 is 5.73 Å². The molecule has 0 spiro atoms. The molecule has 0 heterocycles. The fourth-order valence-corrected chi connectivity index (χ4v) is 1.40. The fourth-order valence-electron chi connectivity index (χ4n) is 1.40. The first-order valence-electron chi connectivity index (χ1n) is 5.06. The summed E-state index contributed by atoms with van der Waals surface area (Å²) in [4.78, 5) is 0. The van der Waals surface area contributed by atoms with E-state index in [4.69, 9.17) is 5.73 Å². The molecule has 1 aromatic rings. The van der Waals surface area contributed by atoms with Gasteiger partial charge in [0.25, 0.3) is 0 Å². The molecule has 0 bridgehead atoms. The van der Waals surface area contributed by atoms with Crippen molar-refractivity contribution in [3.63, 3.8) is 0 Å². The summed E-state index contributed by atoms with van der Waals surface area (Å²) in [5.41, 5.74) is 8.13. The summed E-state index contributed by atoms with van der Waals surface area (Å²) in [6.45, 7) is 6.01. The molecule has 0 aliphatic heterocycles. The summed E-state index contributed by atoms with van der Waals surface area (Å²) in [6, 6.07) is 7.83. The molecule has 1 rings (SSSR count). The third-order valence-corrected chi connectivity index (χ3v) is 2.48. The summed E-state index contributed by atoms with van der Waals surface area (Å²) in [6.07, 6.45) is -0.502. The Hall–Kier alpha value is -0.860. The van der Waals surface area contributed by atoms with Crippen molar-refractivity contribution in [2.45, 2.75) is 38.8 Å². The Morgan fingerprint density at radius 3 is 2.21 bits per heavy atom. The SMILES string of the molecule is CC(C)c1cccc(C(N)C(C)O)c1. The topological polar surface area (TPSA) is 46.2 Å². The average molecular weight is 193 g/mol. The van der Waals surface area contributed by atoms with Crippen LogP contribution in [0.2, 0.25) is 0 Å². The first-order chi connectivity index (χ1) is 6.52. The maximum Gasteiger partial charge on any atom is 0.0704 e. The predicted octanol–water partition coefficient (Wildman–Crippen LogP) is 2.19. The molecule has 2 atom stereocenters. The van der Waals surface area contributed by atoms with Crippen molar-refractivity contribution >= 4 is 0 Å². The molecule has 0 aliphatic rings. The Labute approximate surface area is 85.8 Å². The molecule has 0 amide bonds. The van der Waals surface area contributed by atoms with E-state index in [0.717, 1.165) is 5.56 Å². The molecule has 14 heavy (non-hydrogen) atoms. The van der Waals surface area contributed by atoms with Gasteiger partial charge in [-0.1, -0.05) is 38.1 Å². The zero-order valence-corrected chi connectivity index (χ0v) is 9.07. The van der Waals surface area contributed by atoms with Crippen LogP contribution in [0.25, 0.3) is 0 Å². The van der Waals surface area contributed by atoms with Gasteiger partial charge in [-0.3, -0.25) is 0 Å². The van der Waals surface area contributed by atoms with E-state index < -0.39 is 6.10 Å². The Morgan fingerprint density at radius 1 is 1.14 bits per heavy atom. The molecule has 0 aliphatic carbocycles. The average Bonchev–Trinajstić information content (AvgIpc) is 2.16. The molecule has 0 saturated carbocycles. The highest BCUT2D eigenvalue weighted by molar-refractivity contribution is 5.28. The van der Waals surface area contributed by atoms with Crippen molar-refractivity contribution in [1.82, 2.24) is 0 Å². The normalized spacial score (nSPS) is 15.6. The van der Waals surface area contributed by atoms with Crippen molar-refractivity contribution in [2.75, 3.05) is 0 Å². The van der Waals surface area contributed by atoms with Crippen molar-refractivity contribution in [1.29, 1.82) is 0 Å². The number of rotatable bonds is 3. The van der Waals surface area contributed by atoms with Crippen LogP contribution in [-0.2, 0) is 0 Å². The third kappa shape index (κ3) is 2.56. The largest absolute Gasteiger partial charge is 0.391 e. The number of nitrogens with two attached hydrogens (primary N) is 1. The number of benzene rings is 1. The van der Waals surface area contributed by atoms with Crippen LogP contribution in [0.1, 0.15) is 43.9 Å². The first-order valence-corrected chi connectivity index (χ1v) is 5.06. The lowest BCUT2D eigenvalue weighted by atomic mass is 9.96. The van der Waals surface area contributed by atoms with Gasteiger partial charge in [-0.25, -0.2) is 0 Å². The smallest absolute Gasteiger partial charge is 0.0704 e. The van der Waals surface area contributed by atoms with E-state index in [9.17, 15) is 5.11 Å². The monoisotopic (exact) mass is 193 g/mol. The van der Waals surface area contributed by atoms with Crippen molar-refractivity contribution in [3.05, 3.63) is 35.4 Å². The molecule has 3 N–H and O–H groups in total. The molecule has 2 nitrogen and oxygen atoms in total. The number of aliphatic hydroxyl groups excluding tert-OH is 1. The van der Waals surface area contributed by atoms with Gasteiger partial charge < -0.3 is 10.8 Å². The van der Waals surface area contributed by atoms with Crippen LogP contribution in [0.5, 0.6) is 0 Å². The van der Waals surface area contributed by atoms with Gasteiger partial charge in [0.1, 0.15) is 0 Å². The van der Waals surface area contributed by atoms with Crippen LogP contribution in [0.4, 0.5) is 0 Å². The number of aliphatic hydroxyl groups is 1. The van der Waals surface area contributed by atoms with E-state index in [1.54, 1.807) is 6.92 Å². The number of hydrogen-bond acceptors (Lipinski definition) is 2. The Morgan fingerprint density at radius 2 is 1.71 bits per heavy atom. The number of hydrogen-bond donors (Lipinski definition) is 2. The van der Waals surface area contributed by atoms with E-state index in [1.165, 1.54) is 5.56 Å². The van der Waals surface area contributed by atoms with Gasteiger partial charge in [0.2, 0.25) is 0 Å².